The largest absolute Gasteiger partial charge is 0.496 e. The number of hydrogen-bond acceptors (Lipinski definition) is 3. The average Bonchev–Trinajstić information content (AvgIpc) is 2.44. The Bertz CT molecular complexity index is 665. The van der Waals surface area contributed by atoms with Gasteiger partial charge in [0.05, 0.1) is 7.11 Å². The van der Waals surface area contributed by atoms with Crippen LogP contribution in [0.5, 0.6) is 5.75 Å². The highest BCUT2D eigenvalue weighted by Gasteiger charge is 2.10. The maximum absolute atomic E-state index is 11.4. The van der Waals surface area contributed by atoms with E-state index in [4.69, 9.17) is 9.15 Å². The van der Waals surface area contributed by atoms with Gasteiger partial charge in [-0.3, -0.25) is 0 Å². The average molecular weight is 258 g/mol. The van der Waals surface area contributed by atoms with Crippen molar-refractivity contribution in [2.75, 3.05) is 7.11 Å². The number of methoxy groups -OCH3 is 1. The molecule has 0 fully saturated rings. The molecule has 0 N–H and O–H groups in total. The number of allylic oxidation sites excluding steroid dienone is 2. The van der Waals surface area contributed by atoms with Gasteiger partial charge in [0.2, 0.25) is 0 Å². The molecule has 3 heteroatoms. The standard InChI is InChI=1S/C16H18O3/c1-4-11(2)5-8-13-14(18-3)9-6-12-7-10-15(17)19-16(12)13/h5-7,9-10H,4,8H2,1-3H3/b11-5+. The molecular weight excluding hydrogens is 240 g/mol. The van der Waals surface area contributed by atoms with E-state index in [2.05, 4.69) is 19.9 Å². The minimum absolute atomic E-state index is 0.335. The van der Waals surface area contributed by atoms with Crippen LogP contribution in [0.25, 0.3) is 11.0 Å². The zero-order chi connectivity index (χ0) is 13.8. The summed E-state index contributed by atoms with van der Waals surface area (Å²) in [6.45, 7) is 4.21. The summed E-state index contributed by atoms with van der Waals surface area (Å²) in [4.78, 5) is 11.4. The van der Waals surface area contributed by atoms with E-state index < -0.39 is 0 Å². The molecule has 2 aromatic rings. The monoisotopic (exact) mass is 258 g/mol. The second-order valence-electron chi connectivity index (χ2n) is 4.53. The predicted molar refractivity (Wildman–Crippen MR) is 76.8 cm³/mol. The van der Waals surface area contributed by atoms with Crippen molar-refractivity contribution in [1.29, 1.82) is 0 Å². The van der Waals surface area contributed by atoms with Crippen LogP contribution in [0.2, 0.25) is 0 Å². The first kappa shape index (κ1) is 13.4. The van der Waals surface area contributed by atoms with Crippen LogP contribution in [0.15, 0.2) is 45.1 Å². The highest BCUT2D eigenvalue weighted by atomic mass is 16.5. The fraction of sp³-hybridized carbons (Fsp3) is 0.312. The molecule has 1 aromatic carbocycles. The van der Waals surface area contributed by atoms with E-state index in [1.165, 1.54) is 11.6 Å². The second kappa shape index (κ2) is 5.74. The third-order valence-corrected chi connectivity index (χ3v) is 3.28. The van der Waals surface area contributed by atoms with Gasteiger partial charge in [-0.15, -0.1) is 0 Å². The molecule has 0 aliphatic rings. The Kier molecular flexibility index (Phi) is 4.05. The molecule has 1 heterocycles. The van der Waals surface area contributed by atoms with Gasteiger partial charge < -0.3 is 9.15 Å². The maximum Gasteiger partial charge on any atom is 0.336 e. The van der Waals surface area contributed by atoms with Crippen LogP contribution in [-0.4, -0.2) is 7.11 Å². The Morgan fingerprint density at radius 2 is 2.05 bits per heavy atom. The van der Waals surface area contributed by atoms with Crippen LogP contribution in [0.1, 0.15) is 25.8 Å². The zero-order valence-electron chi connectivity index (χ0n) is 11.5. The lowest BCUT2D eigenvalue weighted by atomic mass is 10.0. The summed E-state index contributed by atoms with van der Waals surface area (Å²) >= 11 is 0. The smallest absolute Gasteiger partial charge is 0.336 e. The van der Waals surface area contributed by atoms with Crippen LogP contribution in [-0.2, 0) is 6.42 Å². The Hall–Kier alpha value is -2.03. The van der Waals surface area contributed by atoms with Gasteiger partial charge in [-0.2, -0.15) is 0 Å². The first-order valence-corrected chi connectivity index (χ1v) is 6.41. The fourth-order valence-electron chi connectivity index (χ4n) is 1.98. The van der Waals surface area contributed by atoms with Crippen LogP contribution < -0.4 is 10.4 Å². The highest BCUT2D eigenvalue weighted by Crippen LogP contribution is 2.28. The van der Waals surface area contributed by atoms with Crippen molar-refractivity contribution < 1.29 is 9.15 Å². The van der Waals surface area contributed by atoms with Gasteiger partial charge in [-0.1, -0.05) is 18.6 Å². The Balaban J connectivity index is 2.60. The molecule has 0 aliphatic heterocycles. The van der Waals surface area contributed by atoms with E-state index >= 15 is 0 Å². The van der Waals surface area contributed by atoms with E-state index in [0.717, 1.165) is 23.1 Å². The van der Waals surface area contributed by atoms with Gasteiger partial charge in [-0.25, -0.2) is 4.79 Å². The minimum atomic E-state index is -0.335. The third-order valence-electron chi connectivity index (χ3n) is 3.28. The molecule has 0 atom stereocenters. The first-order chi connectivity index (χ1) is 9.15. The van der Waals surface area contributed by atoms with Gasteiger partial charge in [-0.05, 0) is 38.0 Å². The van der Waals surface area contributed by atoms with Crippen molar-refractivity contribution in [3.05, 3.63) is 51.9 Å². The van der Waals surface area contributed by atoms with Gasteiger partial charge in [0.25, 0.3) is 0 Å². The van der Waals surface area contributed by atoms with Crippen molar-refractivity contribution in [3.8, 4) is 5.75 Å². The lowest BCUT2D eigenvalue weighted by molar-refractivity contribution is 0.409. The van der Waals surface area contributed by atoms with Crippen LogP contribution in [0, 0.1) is 0 Å². The Labute approximate surface area is 112 Å². The quantitative estimate of drug-likeness (QED) is 0.620. The normalized spacial score (nSPS) is 11.8. The van der Waals surface area contributed by atoms with Crippen molar-refractivity contribution in [3.63, 3.8) is 0 Å². The molecule has 0 unspecified atom stereocenters. The van der Waals surface area contributed by atoms with E-state index in [1.54, 1.807) is 13.2 Å². The molecule has 3 nitrogen and oxygen atoms in total. The van der Waals surface area contributed by atoms with Gasteiger partial charge >= 0.3 is 5.63 Å². The number of rotatable bonds is 4. The summed E-state index contributed by atoms with van der Waals surface area (Å²) in [5.74, 6) is 0.752. The molecule has 0 radical (unpaired) electrons. The molecular formula is C16H18O3. The number of hydrogen-bond donors (Lipinski definition) is 0. The molecule has 0 amide bonds. The van der Waals surface area contributed by atoms with E-state index in [9.17, 15) is 4.79 Å². The van der Waals surface area contributed by atoms with Crippen LogP contribution in [0.3, 0.4) is 0 Å². The molecule has 2 rings (SSSR count). The Morgan fingerprint density at radius 1 is 1.32 bits per heavy atom. The summed E-state index contributed by atoms with van der Waals surface area (Å²) in [7, 11) is 1.63. The second-order valence-corrected chi connectivity index (χ2v) is 4.53. The van der Waals surface area contributed by atoms with Crippen molar-refractivity contribution in [2.24, 2.45) is 0 Å². The van der Waals surface area contributed by atoms with Gasteiger partial charge in [0.15, 0.2) is 0 Å². The third kappa shape index (κ3) is 2.87. The summed E-state index contributed by atoms with van der Waals surface area (Å²) in [5.41, 5.74) is 2.51. The number of benzene rings is 1. The molecule has 0 saturated heterocycles. The summed E-state index contributed by atoms with van der Waals surface area (Å²) in [5, 5.41) is 0.915. The molecule has 1 aromatic heterocycles. The van der Waals surface area contributed by atoms with Crippen molar-refractivity contribution in [1.82, 2.24) is 0 Å². The SMILES string of the molecule is CC/C(C)=C/Cc1c(OC)ccc2ccc(=O)oc12. The fourth-order valence-corrected chi connectivity index (χ4v) is 1.98. The Morgan fingerprint density at radius 3 is 2.74 bits per heavy atom. The molecule has 100 valence electrons. The van der Waals surface area contributed by atoms with Crippen molar-refractivity contribution in [2.45, 2.75) is 26.7 Å². The summed E-state index contributed by atoms with van der Waals surface area (Å²) in [6.07, 6.45) is 3.86. The van der Waals surface area contributed by atoms with Crippen molar-refractivity contribution >= 4 is 11.0 Å². The van der Waals surface area contributed by atoms with E-state index in [1.807, 2.05) is 12.1 Å². The molecule has 0 aliphatic carbocycles. The minimum Gasteiger partial charge on any atom is -0.496 e. The van der Waals surface area contributed by atoms with Crippen LogP contribution in [0.4, 0.5) is 0 Å². The van der Waals surface area contributed by atoms with Gasteiger partial charge in [0, 0.05) is 17.0 Å². The zero-order valence-corrected chi connectivity index (χ0v) is 11.5. The van der Waals surface area contributed by atoms with E-state index in [0.29, 0.717) is 12.0 Å². The van der Waals surface area contributed by atoms with Gasteiger partial charge in [0.1, 0.15) is 11.3 Å². The molecule has 0 bridgehead atoms. The lowest BCUT2D eigenvalue weighted by Crippen LogP contribution is -1.99. The lowest BCUT2D eigenvalue weighted by Gasteiger charge is -2.09. The molecule has 0 spiro atoms. The number of ether oxygens (including phenoxy) is 1. The topological polar surface area (TPSA) is 39.4 Å². The molecule has 0 saturated carbocycles. The highest BCUT2D eigenvalue weighted by molar-refractivity contribution is 5.82. The predicted octanol–water partition coefficient (Wildman–Crippen LogP) is 3.70. The van der Waals surface area contributed by atoms with E-state index in [-0.39, 0.29) is 5.63 Å². The first-order valence-electron chi connectivity index (χ1n) is 6.41. The maximum atomic E-state index is 11.4. The number of fused-ring (bicyclic) bond motifs is 1. The molecule has 19 heavy (non-hydrogen) atoms. The summed E-state index contributed by atoms with van der Waals surface area (Å²) in [6, 6.07) is 7.02. The van der Waals surface area contributed by atoms with Crippen LogP contribution >= 0.6 is 0 Å². The summed E-state index contributed by atoms with van der Waals surface area (Å²) < 4.78 is 10.7.